The molecule has 1 aliphatic carbocycles. The molecule has 16 heavy (non-hydrogen) atoms. The molecule has 1 aromatic carbocycles. The van der Waals surface area contributed by atoms with Crippen molar-refractivity contribution < 1.29 is 5.11 Å². The summed E-state index contributed by atoms with van der Waals surface area (Å²) in [4.78, 5) is 1.05. The number of benzene rings is 1. The maximum absolute atomic E-state index is 9.91. The zero-order valence-electron chi connectivity index (χ0n) is 9.33. The third-order valence-corrected chi connectivity index (χ3v) is 5.30. The molecule has 2 N–H and O–H groups in total. The largest absolute Gasteiger partial charge is 0.507 e. The quantitative estimate of drug-likeness (QED) is 0.720. The highest BCUT2D eigenvalue weighted by Gasteiger charge is 2.37. The Bertz CT molecular complexity index is 399. The number of aromatic hydroxyl groups is 1. The molecule has 0 bridgehead atoms. The lowest BCUT2D eigenvalue weighted by molar-refractivity contribution is 0.405. The van der Waals surface area contributed by atoms with Crippen molar-refractivity contribution in [3.8, 4) is 5.75 Å². The molecule has 0 radical (unpaired) electrons. The van der Waals surface area contributed by atoms with Gasteiger partial charge in [-0.05, 0) is 25.0 Å². The summed E-state index contributed by atoms with van der Waals surface area (Å²) in [7, 11) is 0. The van der Waals surface area contributed by atoms with Crippen LogP contribution in [-0.2, 0) is 0 Å². The number of thioether (sulfide) groups is 1. The number of rotatable bonds is 0. The monoisotopic (exact) mass is 235 g/mol. The number of phenolic OH excluding ortho intramolecular Hbond substituents is 1. The van der Waals surface area contributed by atoms with Crippen LogP contribution < -0.4 is 5.32 Å². The number of nitrogens with one attached hydrogen (secondary N) is 1. The first-order valence-electron chi connectivity index (χ1n) is 6.04. The number of anilines is 1. The van der Waals surface area contributed by atoms with E-state index in [1.165, 1.54) is 32.1 Å². The second kappa shape index (κ2) is 3.88. The highest BCUT2D eigenvalue weighted by atomic mass is 32.2. The minimum Gasteiger partial charge on any atom is -0.507 e. The fourth-order valence-electron chi connectivity index (χ4n) is 2.76. The highest BCUT2D eigenvalue weighted by molar-refractivity contribution is 8.01. The Morgan fingerprint density at radius 1 is 1.19 bits per heavy atom. The summed E-state index contributed by atoms with van der Waals surface area (Å²) >= 11 is 1.89. The van der Waals surface area contributed by atoms with E-state index in [0.717, 1.165) is 17.1 Å². The smallest absolute Gasteiger partial charge is 0.131 e. The molecular formula is C13H17NOS. The van der Waals surface area contributed by atoms with E-state index in [1.54, 1.807) is 6.07 Å². The first-order valence-corrected chi connectivity index (χ1v) is 6.86. The van der Waals surface area contributed by atoms with Crippen LogP contribution in [0.4, 0.5) is 5.69 Å². The van der Waals surface area contributed by atoms with Crippen LogP contribution in [0, 0.1) is 0 Å². The zero-order chi connectivity index (χ0) is 11.0. The van der Waals surface area contributed by atoms with Crippen LogP contribution >= 0.6 is 11.8 Å². The Morgan fingerprint density at radius 3 is 2.81 bits per heavy atom. The van der Waals surface area contributed by atoms with Crippen LogP contribution in [0.2, 0.25) is 0 Å². The van der Waals surface area contributed by atoms with Gasteiger partial charge in [0.1, 0.15) is 5.75 Å². The first kappa shape index (κ1) is 10.3. The molecule has 3 rings (SSSR count). The van der Waals surface area contributed by atoms with Crippen molar-refractivity contribution in [1.29, 1.82) is 0 Å². The van der Waals surface area contributed by atoms with Crippen LogP contribution in [0.3, 0.4) is 0 Å². The van der Waals surface area contributed by atoms with Gasteiger partial charge in [0.15, 0.2) is 0 Å². The minimum absolute atomic E-state index is 0.337. The highest BCUT2D eigenvalue weighted by Crippen LogP contribution is 2.51. The first-order chi connectivity index (χ1) is 7.79. The van der Waals surface area contributed by atoms with Gasteiger partial charge in [0.25, 0.3) is 0 Å². The van der Waals surface area contributed by atoms with E-state index < -0.39 is 0 Å². The van der Waals surface area contributed by atoms with Gasteiger partial charge in [-0.15, -0.1) is 11.8 Å². The SMILES string of the molecule is Oc1cccc2c1SC1(CCCCC1)CN2. The Labute approximate surface area is 100 Å². The Balaban J connectivity index is 1.92. The lowest BCUT2D eigenvalue weighted by atomic mass is 9.88. The van der Waals surface area contributed by atoms with Gasteiger partial charge in [-0.3, -0.25) is 0 Å². The molecule has 0 unspecified atom stereocenters. The summed E-state index contributed by atoms with van der Waals surface area (Å²) in [5.41, 5.74) is 1.10. The van der Waals surface area contributed by atoms with E-state index in [9.17, 15) is 5.11 Å². The van der Waals surface area contributed by atoms with Crippen LogP contribution in [0.5, 0.6) is 5.75 Å². The van der Waals surface area contributed by atoms with E-state index in [-0.39, 0.29) is 0 Å². The van der Waals surface area contributed by atoms with Crippen LogP contribution in [-0.4, -0.2) is 16.4 Å². The van der Waals surface area contributed by atoms with E-state index in [0.29, 0.717) is 10.5 Å². The van der Waals surface area contributed by atoms with Gasteiger partial charge in [0, 0.05) is 11.3 Å². The van der Waals surface area contributed by atoms with Crippen molar-refractivity contribution in [2.45, 2.75) is 41.7 Å². The fourth-order valence-corrected chi connectivity index (χ4v) is 4.25. The molecule has 1 saturated carbocycles. The van der Waals surface area contributed by atoms with Gasteiger partial charge in [-0.1, -0.05) is 25.3 Å². The van der Waals surface area contributed by atoms with Crippen LogP contribution in [0.15, 0.2) is 23.1 Å². The predicted molar refractivity (Wildman–Crippen MR) is 68.3 cm³/mol. The van der Waals surface area contributed by atoms with Crippen molar-refractivity contribution in [2.24, 2.45) is 0 Å². The Kier molecular flexibility index (Phi) is 2.51. The number of fused-ring (bicyclic) bond motifs is 1. The summed E-state index contributed by atoms with van der Waals surface area (Å²) < 4.78 is 0.337. The average Bonchev–Trinajstić information content (AvgIpc) is 2.32. The van der Waals surface area contributed by atoms with Crippen molar-refractivity contribution in [3.63, 3.8) is 0 Å². The molecule has 1 spiro atoms. The van der Waals surface area contributed by atoms with Gasteiger partial charge in [-0.2, -0.15) is 0 Å². The molecular weight excluding hydrogens is 218 g/mol. The molecule has 1 fully saturated rings. The van der Waals surface area contributed by atoms with Gasteiger partial charge < -0.3 is 10.4 Å². The van der Waals surface area contributed by atoms with Crippen molar-refractivity contribution in [3.05, 3.63) is 18.2 Å². The Hall–Kier alpha value is -0.830. The van der Waals surface area contributed by atoms with Crippen LogP contribution in [0.25, 0.3) is 0 Å². The second-order valence-electron chi connectivity index (χ2n) is 4.85. The van der Waals surface area contributed by atoms with Gasteiger partial charge in [0.2, 0.25) is 0 Å². The summed E-state index contributed by atoms with van der Waals surface area (Å²) in [6.45, 7) is 1.05. The molecule has 0 aromatic heterocycles. The van der Waals surface area contributed by atoms with Crippen molar-refractivity contribution in [2.75, 3.05) is 11.9 Å². The lowest BCUT2D eigenvalue weighted by Gasteiger charge is -2.41. The molecule has 1 aliphatic heterocycles. The zero-order valence-corrected chi connectivity index (χ0v) is 10.1. The molecule has 3 heteroatoms. The van der Waals surface area contributed by atoms with Gasteiger partial charge in [-0.25, -0.2) is 0 Å². The maximum Gasteiger partial charge on any atom is 0.131 e. The Morgan fingerprint density at radius 2 is 2.00 bits per heavy atom. The molecule has 0 saturated heterocycles. The van der Waals surface area contributed by atoms with Crippen molar-refractivity contribution in [1.82, 2.24) is 0 Å². The van der Waals surface area contributed by atoms with E-state index in [2.05, 4.69) is 11.4 Å². The molecule has 86 valence electrons. The van der Waals surface area contributed by atoms with Gasteiger partial charge >= 0.3 is 0 Å². The lowest BCUT2D eigenvalue weighted by Crippen LogP contribution is -2.38. The number of phenols is 1. The van der Waals surface area contributed by atoms with E-state index in [1.807, 2.05) is 17.8 Å². The normalized spacial score (nSPS) is 22.5. The van der Waals surface area contributed by atoms with Crippen LogP contribution in [0.1, 0.15) is 32.1 Å². The molecule has 2 nitrogen and oxygen atoms in total. The molecule has 1 aromatic rings. The average molecular weight is 235 g/mol. The number of hydrogen-bond donors (Lipinski definition) is 2. The minimum atomic E-state index is 0.337. The summed E-state index contributed by atoms with van der Waals surface area (Å²) in [6.07, 6.45) is 6.59. The fraction of sp³-hybridized carbons (Fsp3) is 0.538. The summed E-state index contributed by atoms with van der Waals surface area (Å²) in [6, 6.07) is 5.74. The van der Waals surface area contributed by atoms with Crippen molar-refractivity contribution >= 4 is 17.4 Å². The van der Waals surface area contributed by atoms with E-state index in [4.69, 9.17) is 0 Å². The second-order valence-corrected chi connectivity index (χ2v) is 6.33. The molecule has 2 aliphatic rings. The predicted octanol–water partition coefficient (Wildman–Crippen LogP) is 3.61. The standard InChI is InChI=1S/C13H17NOS/c15-11-6-4-5-10-12(11)16-13(9-14-10)7-2-1-3-8-13/h4-6,14-15H,1-3,7-9H2. The van der Waals surface area contributed by atoms with E-state index >= 15 is 0 Å². The maximum atomic E-state index is 9.91. The van der Waals surface area contributed by atoms with Gasteiger partial charge in [0.05, 0.1) is 10.6 Å². The molecule has 0 amide bonds. The summed E-state index contributed by atoms with van der Waals surface area (Å²) in [5.74, 6) is 0.430. The molecule has 1 heterocycles. The summed E-state index contributed by atoms with van der Waals surface area (Å²) in [5, 5.41) is 13.4. The molecule has 0 atom stereocenters. The number of hydrogen-bond acceptors (Lipinski definition) is 3. The third-order valence-electron chi connectivity index (χ3n) is 3.68. The third kappa shape index (κ3) is 1.67. The topological polar surface area (TPSA) is 32.3 Å².